The Morgan fingerprint density at radius 3 is 2.80 bits per heavy atom. The summed E-state index contributed by atoms with van der Waals surface area (Å²) in [6, 6.07) is 1.39. The molecule has 1 rings (SSSR count). The second-order valence-corrected chi connectivity index (χ2v) is 4.61. The minimum Gasteiger partial charge on any atom is -0.476 e. The van der Waals surface area contributed by atoms with Gasteiger partial charge >= 0.3 is 5.97 Å². The van der Waals surface area contributed by atoms with E-state index < -0.39 is 12.1 Å². The molecule has 84 valence electrons. The fourth-order valence-electron chi connectivity index (χ4n) is 0.835. The molecule has 0 saturated carbocycles. The van der Waals surface area contributed by atoms with E-state index in [9.17, 15) is 9.90 Å². The molecule has 0 aliphatic rings. The number of carbonyl (C=O) groups is 1. The van der Waals surface area contributed by atoms with Crippen LogP contribution >= 0.6 is 11.8 Å². The first-order chi connectivity index (χ1) is 7.00. The number of nitrogens with zero attached hydrogens (tertiary/aromatic N) is 1. The van der Waals surface area contributed by atoms with Crippen molar-refractivity contribution in [2.24, 2.45) is 0 Å². The summed E-state index contributed by atoms with van der Waals surface area (Å²) < 4.78 is 4.82. The monoisotopic (exact) mass is 231 g/mol. The van der Waals surface area contributed by atoms with E-state index in [-0.39, 0.29) is 10.9 Å². The van der Waals surface area contributed by atoms with Crippen LogP contribution < -0.4 is 0 Å². The predicted molar refractivity (Wildman–Crippen MR) is 55.9 cm³/mol. The van der Waals surface area contributed by atoms with Crippen molar-refractivity contribution < 1.29 is 19.5 Å². The van der Waals surface area contributed by atoms with Crippen LogP contribution in [0.5, 0.6) is 0 Å². The summed E-state index contributed by atoms with van der Waals surface area (Å²) in [7, 11) is 0. The average Bonchev–Trinajstić information content (AvgIpc) is 2.62. The SMILES string of the molecule is CC(O)C(C)SCc1cc(C(=O)O)no1. The maximum atomic E-state index is 10.5. The summed E-state index contributed by atoms with van der Waals surface area (Å²) in [6.45, 7) is 3.60. The van der Waals surface area contributed by atoms with Crippen molar-refractivity contribution >= 4 is 17.7 Å². The van der Waals surface area contributed by atoms with Crippen LogP contribution in [-0.2, 0) is 5.75 Å². The molecule has 1 aromatic rings. The Hall–Kier alpha value is -1.01. The molecule has 0 saturated heterocycles. The first-order valence-corrected chi connectivity index (χ1v) is 5.54. The van der Waals surface area contributed by atoms with Crippen LogP contribution in [0.1, 0.15) is 30.1 Å². The molecule has 2 atom stereocenters. The largest absolute Gasteiger partial charge is 0.476 e. The quantitative estimate of drug-likeness (QED) is 0.796. The predicted octanol–water partition coefficient (Wildman–Crippen LogP) is 1.38. The number of aliphatic hydroxyl groups excluding tert-OH is 1. The van der Waals surface area contributed by atoms with E-state index in [1.54, 1.807) is 6.92 Å². The van der Waals surface area contributed by atoms with E-state index in [1.807, 2.05) is 6.92 Å². The molecule has 0 aliphatic carbocycles. The van der Waals surface area contributed by atoms with Crippen LogP contribution in [0.4, 0.5) is 0 Å². The maximum absolute atomic E-state index is 10.5. The number of hydrogen-bond donors (Lipinski definition) is 2. The molecular weight excluding hydrogens is 218 g/mol. The van der Waals surface area contributed by atoms with Gasteiger partial charge < -0.3 is 14.7 Å². The Morgan fingerprint density at radius 2 is 2.33 bits per heavy atom. The Labute approximate surface area is 91.5 Å². The van der Waals surface area contributed by atoms with E-state index in [2.05, 4.69) is 5.16 Å². The van der Waals surface area contributed by atoms with Gasteiger partial charge in [0.25, 0.3) is 0 Å². The van der Waals surface area contributed by atoms with Crippen LogP contribution in [0.3, 0.4) is 0 Å². The molecule has 0 bridgehead atoms. The maximum Gasteiger partial charge on any atom is 0.358 e. The summed E-state index contributed by atoms with van der Waals surface area (Å²) in [6.07, 6.45) is -0.406. The first kappa shape index (κ1) is 12.1. The lowest BCUT2D eigenvalue weighted by molar-refractivity contribution is 0.0685. The van der Waals surface area contributed by atoms with Gasteiger partial charge in [0, 0.05) is 11.3 Å². The fraction of sp³-hybridized carbons (Fsp3) is 0.556. The van der Waals surface area contributed by atoms with Gasteiger partial charge in [-0.2, -0.15) is 0 Å². The highest BCUT2D eigenvalue weighted by molar-refractivity contribution is 7.99. The van der Waals surface area contributed by atoms with Crippen LogP contribution in [0.2, 0.25) is 0 Å². The van der Waals surface area contributed by atoms with Gasteiger partial charge in [-0.25, -0.2) is 4.79 Å². The first-order valence-electron chi connectivity index (χ1n) is 4.49. The van der Waals surface area contributed by atoms with E-state index >= 15 is 0 Å². The molecule has 0 aromatic carbocycles. The minimum absolute atomic E-state index is 0.0726. The highest BCUT2D eigenvalue weighted by Crippen LogP contribution is 2.20. The van der Waals surface area contributed by atoms with Gasteiger partial charge in [0.15, 0.2) is 5.69 Å². The van der Waals surface area contributed by atoms with Gasteiger partial charge in [-0.3, -0.25) is 0 Å². The lowest BCUT2D eigenvalue weighted by Crippen LogP contribution is -2.15. The molecule has 15 heavy (non-hydrogen) atoms. The van der Waals surface area contributed by atoms with Crippen LogP contribution in [0.25, 0.3) is 0 Å². The number of thioether (sulfide) groups is 1. The summed E-state index contributed by atoms with van der Waals surface area (Å²) in [5.41, 5.74) is -0.0877. The Balaban J connectivity index is 2.48. The number of hydrogen-bond acceptors (Lipinski definition) is 5. The van der Waals surface area contributed by atoms with Gasteiger partial charge in [0.1, 0.15) is 5.76 Å². The molecular formula is C9H13NO4S. The zero-order chi connectivity index (χ0) is 11.4. The third kappa shape index (κ3) is 3.56. The van der Waals surface area contributed by atoms with Crippen molar-refractivity contribution in [1.82, 2.24) is 5.16 Å². The van der Waals surface area contributed by atoms with Crippen LogP contribution in [0, 0.1) is 0 Å². The van der Waals surface area contributed by atoms with Gasteiger partial charge in [0.2, 0.25) is 0 Å². The van der Waals surface area contributed by atoms with Gasteiger partial charge in [-0.1, -0.05) is 12.1 Å². The minimum atomic E-state index is -1.10. The molecule has 0 aliphatic heterocycles. The third-order valence-electron chi connectivity index (χ3n) is 1.95. The number of rotatable bonds is 5. The van der Waals surface area contributed by atoms with E-state index in [0.717, 1.165) is 0 Å². The zero-order valence-corrected chi connectivity index (χ0v) is 9.32. The molecule has 2 N–H and O–H groups in total. The molecule has 1 heterocycles. The Bertz CT molecular complexity index is 337. The second-order valence-electron chi connectivity index (χ2n) is 3.24. The Morgan fingerprint density at radius 1 is 1.67 bits per heavy atom. The van der Waals surface area contributed by atoms with Crippen LogP contribution in [0.15, 0.2) is 10.6 Å². The lowest BCUT2D eigenvalue weighted by atomic mass is 10.3. The van der Waals surface area contributed by atoms with E-state index in [0.29, 0.717) is 11.5 Å². The van der Waals surface area contributed by atoms with Gasteiger partial charge in [-0.05, 0) is 6.92 Å². The normalized spacial score (nSPS) is 14.9. The highest BCUT2D eigenvalue weighted by atomic mass is 32.2. The summed E-state index contributed by atoms with van der Waals surface area (Å²) in [5, 5.41) is 21.3. The molecule has 2 unspecified atom stereocenters. The van der Waals surface area contributed by atoms with Gasteiger partial charge in [0.05, 0.1) is 11.9 Å². The van der Waals surface area contributed by atoms with Crippen LogP contribution in [-0.4, -0.2) is 32.7 Å². The number of carboxylic acid groups (broad SMARTS) is 1. The van der Waals surface area contributed by atoms with Crippen molar-refractivity contribution in [3.05, 3.63) is 17.5 Å². The average molecular weight is 231 g/mol. The summed E-state index contributed by atoms with van der Waals surface area (Å²) >= 11 is 1.49. The summed E-state index contributed by atoms with van der Waals surface area (Å²) in [4.78, 5) is 10.5. The highest BCUT2D eigenvalue weighted by Gasteiger charge is 2.13. The lowest BCUT2D eigenvalue weighted by Gasteiger charge is -2.12. The Kier molecular flexibility index (Phi) is 4.16. The van der Waals surface area contributed by atoms with Crippen molar-refractivity contribution in [2.45, 2.75) is 31.0 Å². The van der Waals surface area contributed by atoms with E-state index in [1.165, 1.54) is 17.8 Å². The second kappa shape index (κ2) is 5.18. The van der Waals surface area contributed by atoms with Crippen molar-refractivity contribution in [1.29, 1.82) is 0 Å². The topological polar surface area (TPSA) is 83.6 Å². The van der Waals surface area contributed by atoms with E-state index in [4.69, 9.17) is 9.63 Å². The van der Waals surface area contributed by atoms with Crippen molar-refractivity contribution in [3.63, 3.8) is 0 Å². The number of aliphatic hydroxyl groups is 1. The number of aromatic carboxylic acids is 1. The molecule has 0 spiro atoms. The van der Waals surface area contributed by atoms with Gasteiger partial charge in [-0.15, -0.1) is 11.8 Å². The van der Waals surface area contributed by atoms with Crippen molar-refractivity contribution in [2.75, 3.05) is 0 Å². The number of aromatic nitrogens is 1. The summed E-state index contributed by atoms with van der Waals surface area (Å²) in [5.74, 6) is -0.0877. The molecule has 0 radical (unpaired) electrons. The molecule has 0 amide bonds. The molecule has 0 fully saturated rings. The third-order valence-corrected chi connectivity index (χ3v) is 3.32. The fourth-order valence-corrected chi connectivity index (χ4v) is 1.68. The number of carboxylic acids is 1. The molecule has 5 nitrogen and oxygen atoms in total. The molecule has 1 aromatic heterocycles. The zero-order valence-electron chi connectivity index (χ0n) is 8.51. The van der Waals surface area contributed by atoms with Crippen molar-refractivity contribution in [3.8, 4) is 0 Å². The standard InChI is InChI=1S/C9H13NO4S/c1-5(11)6(2)15-4-7-3-8(9(12)13)10-14-7/h3,5-6,11H,4H2,1-2H3,(H,12,13). The smallest absolute Gasteiger partial charge is 0.358 e. The molecule has 6 heteroatoms.